The number of allylic oxidation sites excluding steroid dienone is 5. The second kappa shape index (κ2) is 56.5. The van der Waals surface area contributed by atoms with Gasteiger partial charge in [0.1, 0.15) is 19.3 Å². The highest BCUT2D eigenvalue weighted by molar-refractivity contribution is 7.45. The predicted molar refractivity (Wildman–Crippen MR) is 326 cm³/mol. The fourth-order valence-corrected chi connectivity index (χ4v) is 10.5. The number of amides is 1. The van der Waals surface area contributed by atoms with Crippen LogP contribution in [0.1, 0.15) is 323 Å². The minimum absolute atomic E-state index is 0.0195. The topological polar surface area (TPSA) is 114 Å². The first-order valence-corrected chi connectivity index (χ1v) is 34.3. The summed E-state index contributed by atoms with van der Waals surface area (Å²) in [6.45, 7) is 6.86. The molecule has 0 aromatic carbocycles. The maximum absolute atomic E-state index is 13.5. The molecule has 3 unspecified atom stereocenters. The van der Waals surface area contributed by atoms with Gasteiger partial charge in [0.15, 0.2) is 0 Å². The minimum Gasteiger partial charge on any atom is -0.756 e. The van der Waals surface area contributed by atoms with E-state index in [-0.39, 0.29) is 31.5 Å². The van der Waals surface area contributed by atoms with Crippen molar-refractivity contribution < 1.29 is 37.3 Å². The van der Waals surface area contributed by atoms with Gasteiger partial charge in [-0.25, -0.2) is 0 Å². The third-order valence-electron chi connectivity index (χ3n) is 14.8. The zero-order chi connectivity index (χ0) is 55.7. The number of likely N-dealkylation sites (N-methyl/N-ethyl adjacent to an activating group) is 1. The highest BCUT2D eigenvalue weighted by Crippen LogP contribution is 2.38. The number of hydrogen-bond donors (Lipinski definition) is 1. The van der Waals surface area contributed by atoms with Crippen molar-refractivity contribution in [2.75, 3.05) is 40.9 Å². The van der Waals surface area contributed by atoms with Gasteiger partial charge in [-0.1, -0.05) is 282 Å². The molecular weight excluding hydrogens is 964 g/mol. The van der Waals surface area contributed by atoms with Crippen LogP contribution in [0.15, 0.2) is 36.5 Å². The molecule has 0 aliphatic rings. The van der Waals surface area contributed by atoms with E-state index < -0.39 is 20.0 Å². The summed E-state index contributed by atoms with van der Waals surface area (Å²) in [6, 6.07) is -0.883. The van der Waals surface area contributed by atoms with Crippen molar-refractivity contribution >= 4 is 19.7 Å². The van der Waals surface area contributed by atoms with Crippen LogP contribution < -0.4 is 10.2 Å². The summed E-state index contributed by atoms with van der Waals surface area (Å²) < 4.78 is 30.3. The Bertz CT molecular complexity index is 1400. The van der Waals surface area contributed by atoms with Crippen LogP contribution in [-0.4, -0.2) is 69.4 Å². The SMILES string of the molecule is CCCCC/C=C\C/C=C\CCCCCCCCCCCCCCCC(=O)OC(/C=C/CCCCCCCCCCC)C(COP(=O)([O-])OCC[N+](C)(C)C)NC(=O)CCCCCCCCCCCCCCCCCC. The zero-order valence-corrected chi connectivity index (χ0v) is 52.1. The maximum atomic E-state index is 13.5. The molecule has 10 heteroatoms. The Balaban J connectivity index is 5.08. The lowest BCUT2D eigenvalue weighted by molar-refractivity contribution is -0.870. The van der Waals surface area contributed by atoms with Gasteiger partial charge in [-0.3, -0.25) is 14.2 Å². The van der Waals surface area contributed by atoms with Gasteiger partial charge in [0.25, 0.3) is 7.82 Å². The summed E-state index contributed by atoms with van der Waals surface area (Å²) >= 11 is 0. The number of esters is 1. The van der Waals surface area contributed by atoms with Gasteiger partial charge < -0.3 is 28.5 Å². The number of phosphoric acid groups is 1. The Hall–Kier alpha value is -1.77. The average molecular weight is 1090 g/mol. The Kier molecular flexibility index (Phi) is 55.2. The molecule has 1 amide bonds. The fraction of sp³-hybridized carbons (Fsp3) is 0.879. The van der Waals surface area contributed by atoms with E-state index in [2.05, 4.69) is 50.4 Å². The quantitative estimate of drug-likeness (QED) is 0.0212. The van der Waals surface area contributed by atoms with Gasteiger partial charge in [0.05, 0.1) is 33.8 Å². The van der Waals surface area contributed by atoms with Crippen molar-refractivity contribution in [2.24, 2.45) is 0 Å². The van der Waals surface area contributed by atoms with Gasteiger partial charge >= 0.3 is 5.97 Å². The predicted octanol–water partition coefficient (Wildman–Crippen LogP) is 19.7. The molecular formula is C66H127N2O7P. The molecule has 0 aliphatic carbocycles. The van der Waals surface area contributed by atoms with E-state index in [0.717, 1.165) is 64.2 Å². The van der Waals surface area contributed by atoms with E-state index in [1.165, 1.54) is 225 Å². The molecule has 1 N–H and O–H groups in total. The number of quaternary nitrogens is 1. The number of carbonyl (C=O) groups is 2. The van der Waals surface area contributed by atoms with Crippen LogP contribution in [0.5, 0.6) is 0 Å². The highest BCUT2D eigenvalue weighted by atomic mass is 31.2. The third kappa shape index (κ3) is 56.9. The number of ether oxygens (including phenoxy) is 1. The first-order valence-electron chi connectivity index (χ1n) is 32.8. The molecule has 0 saturated heterocycles. The van der Waals surface area contributed by atoms with Crippen LogP contribution in [0.3, 0.4) is 0 Å². The van der Waals surface area contributed by atoms with Crippen LogP contribution in [0, 0.1) is 0 Å². The maximum Gasteiger partial charge on any atom is 0.306 e. The van der Waals surface area contributed by atoms with Crippen molar-refractivity contribution in [3.8, 4) is 0 Å². The van der Waals surface area contributed by atoms with E-state index >= 15 is 0 Å². The molecule has 0 bridgehead atoms. The summed E-state index contributed by atoms with van der Waals surface area (Å²) in [5, 5.41) is 3.04. The van der Waals surface area contributed by atoms with E-state index in [1.807, 2.05) is 33.3 Å². The number of carbonyl (C=O) groups excluding carboxylic acids is 2. The largest absolute Gasteiger partial charge is 0.756 e. The van der Waals surface area contributed by atoms with Gasteiger partial charge in [0.2, 0.25) is 5.91 Å². The van der Waals surface area contributed by atoms with Crippen molar-refractivity contribution in [3.05, 3.63) is 36.5 Å². The Morgan fingerprint density at radius 3 is 1.21 bits per heavy atom. The van der Waals surface area contributed by atoms with Crippen LogP contribution in [0.2, 0.25) is 0 Å². The second-order valence-corrected chi connectivity index (χ2v) is 25.0. The Morgan fingerprint density at radius 2 is 0.803 bits per heavy atom. The number of hydrogen-bond acceptors (Lipinski definition) is 7. The van der Waals surface area contributed by atoms with Crippen molar-refractivity contribution in [3.63, 3.8) is 0 Å². The molecule has 0 spiro atoms. The summed E-state index contributed by atoms with van der Waals surface area (Å²) in [4.78, 5) is 40.0. The molecule has 0 radical (unpaired) electrons. The lowest BCUT2D eigenvalue weighted by Gasteiger charge is -2.30. The minimum atomic E-state index is -4.69. The molecule has 0 aromatic rings. The third-order valence-corrected chi connectivity index (χ3v) is 15.8. The molecule has 0 rings (SSSR count). The van der Waals surface area contributed by atoms with Crippen molar-refractivity contribution in [2.45, 2.75) is 335 Å². The van der Waals surface area contributed by atoms with Gasteiger partial charge in [0, 0.05) is 12.8 Å². The standard InChI is InChI=1S/C66H127N2O7P/c1-7-10-13-16-19-22-25-27-29-31-32-33-34-35-36-37-39-41-44-47-50-53-56-59-66(70)75-64(57-54-51-48-45-42-24-21-18-15-12-9-3)63(62-74-76(71,72)73-61-60-68(4,5)6)67-65(69)58-55-52-49-46-43-40-38-30-28-26-23-20-17-14-11-8-2/h19,22,27,29,54,57,63-64H,7-18,20-21,23-26,28,30-53,55-56,58-62H2,1-6H3,(H-,67,69,71,72)/b22-19-,29-27-,57-54+. The molecule has 0 saturated carbocycles. The van der Waals surface area contributed by atoms with Crippen LogP contribution in [0.4, 0.5) is 0 Å². The molecule has 448 valence electrons. The lowest BCUT2D eigenvalue weighted by atomic mass is 10.0. The van der Waals surface area contributed by atoms with E-state index in [9.17, 15) is 19.0 Å². The number of nitrogens with one attached hydrogen (secondary N) is 1. The van der Waals surface area contributed by atoms with Gasteiger partial charge in [-0.05, 0) is 63.9 Å². The van der Waals surface area contributed by atoms with Crippen molar-refractivity contribution in [1.82, 2.24) is 5.32 Å². The van der Waals surface area contributed by atoms with E-state index in [4.69, 9.17) is 13.8 Å². The van der Waals surface area contributed by atoms with Crippen LogP contribution in [-0.2, 0) is 27.9 Å². The number of phosphoric ester groups is 1. The molecule has 0 fully saturated rings. The second-order valence-electron chi connectivity index (χ2n) is 23.6. The monoisotopic (exact) mass is 1090 g/mol. The average Bonchev–Trinajstić information content (AvgIpc) is 3.38. The molecule has 0 aliphatic heterocycles. The first kappa shape index (κ1) is 74.2. The van der Waals surface area contributed by atoms with Gasteiger partial charge in [-0.15, -0.1) is 0 Å². The van der Waals surface area contributed by atoms with Crippen molar-refractivity contribution in [1.29, 1.82) is 0 Å². The van der Waals surface area contributed by atoms with Gasteiger partial charge in [-0.2, -0.15) is 0 Å². The molecule has 76 heavy (non-hydrogen) atoms. The number of nitrogens with zero attached hydrogens (tertiary/aromatic N) is 1. The molecule has 0 aromatic heterocycles. The summed E-state index contributed by atoms with van der Waals surface area (Å²) in [5.41, 5.74) is 0. The molecule has 9 nitrogen and oxygen atoms in total. The lowest BCUT2D eigenvalue weighted by Crippen LogP contribution is -2.47. The first-order chi connectivity index (χ1) is 36.9. The molecule has 0 heterocycles. The normalized spacial score (nSPS) is 13.8. The highest BCUT2D eigenvalue weighted by Gasteiger charge is 2.27. The van der Waals surface area contributed by atoms with Crippen LogP contribution in [0.25, 0.3) is 0 Å². The Labute approximate surface area is 472 Å². The Morgan fingerprint density at radius 1 is 0.461 bits per heavy atom. The van der Waals surface area contributed by atoms with Crippen LogP contribution >= 0.6 is 7.82 Å². The summed E-state index contributed by atoms with van der Waals surface area (Å²) in [6.07, 6.45) is 68.3. The summed E-state index contributed by atoms with van der Waals surface area (Å²) in [5.74, 6) is -0.526. The number of rotatable bonds is 60. The number of unbranched alkanes of at least 4 members (excludes halogenated alkanes) is 40. The molecule has 3 atom stereocenters. The fourth-order valence-electron chi connectivity index (χ4n) is 9.73. The van der Waals surface area contributed by atoms with E-state index in [0.29, 0.717) is 17.4 Å². The zero-order valence-electron chi connectivity index (χ0n) is 51.2. The van der Waals surface area contributed by atoms with E-state index in [1.54, 1.807) is 0 Å². The summed E-state index contributed by atoms with van der Waals surface area (Å²) in [7, 11) is 1.20. The smallest absolute Gasteiger partial charge is 0.306 e.